The third-order valence-corrected chi connectivity index (χ3v) is 2.05. The number of rotatable bonds is 5. The van der Waals surface area contributed by atoms with Gasteiger partial charge in [-0.1, -0.05) is 37.0 Å². The maximum absolute atomic E-state index is 11.3. The Morgan fingerprint density at radius 2 is 1.87 bits per heavy atom. The summed E-state index contributed by atoms with van der Waals surface area (Å²) in [5.41, 5.74) is 0. The van der Waals surface area contributed by atoms with Crippen molar-refractivity contribution in [3.05, 3.63) is 0 Å². The Kier molecular flexibility index (Phi) is 5.38. The Bertz CT molecular complexity index is 248. The highest BCUT2D eigenvalue weighted by molar-refractivity contribution is 6.57. The van der Waals surface area contributed by atoms with Crippen LogP contribution in [0.2, 0.25) is 0 Å². The zero-order chi connectivity index (χ0) is 12.2. The van der Waals surface area contributed by atoms with E-state index >= 15 is 0 Å². The second kappa shape index (κ2) is 5.56. The summed E-state index contributed by atoms with van der Waals surface area (Å²) in [5.74, 6) is -1.63. The molecule has 1 unspecified atom stereocenters. The van der Waals surface area contributed by atoms with E-state index in [-0.39, 0.29) is 5.92 Å². The average molecular weight is 256 g/mol. The molecule has 0 spiro atoms. The van der Waals surface area contributed by atoms with Gasteiger partial charge < -0.3 is 10.4 Å². The zero-order valence-electron chi connectivity index (χ0n) is 8.88. The van der Waals surface area contributed by atoms with Gasteiger partial charge in [-0.3, -0.25) is 4.79 Å². The van der Waals surface area contributed by atoms with Gasteiger partial charge in [0.25, 0.3) is 5.91 Å². The third kappa shape index (κ3) is 5.85. The SMILES string of the molecule is CC(C)CC(NC(=O)C(C)(Cl)Cl)C(=O)O. The van der Waals surface area contributed by atoms with E-state index in [2.05, 4.69) is 5.32 Å². The fraction of sp³-hybridized carbons (Fsp3) is 0.778. The number of carbonyl (C=O) groups excluding carboxylic acids is 1. The second-order valence-electron chi connectivity index (χ2n) is 3.88. The minimum atomic E-state index is -1.61. The molecule has 0 aliphatic heterocycles. The first kappa shape index (κ1) is 14.5. The molecule has 0 aromatic heterocycles. The summed E-state index contributed by atoms with van der Waals surface area (Å²) >= 11 is 11.1. The molecule has 15 heavy (non-hydrogen) atoms. The number of hydrogen-bond acceptors (Lipinski definition) is 2. The van der Waals surface area contributed by atoms with Crippen molar-refractivity contribution in [3.63, 3.8) is 0 Å². The van der Waals surface area contributed by atoms with Gasteiger partial charge in [-0.15, -0.1) is 0 Å². The Hall–Kier alpha value is -0.480. The van der Waals surface area contributed by atoms with E-state index in [1.807, 2.05) is 13.8 Å². The second-order valence-corrected chi connectivity index (χ2v) is 5.59. The first-order valence-corrected chi connectivity index (χ1v) is 5.31. The van der Waals surface area contributed by atoms with Crippen molar-refractivity contribution in [1.29, 1.82) is 0 Å². The van der Waals surface area contributed by atoms with Gasteiger partial charge in [0.05, 0.1) is 0 Å². The molecule has 0 fully saturated rings. The zero-order valence-corrected chi connectivity index (χ0v) is 10.4. The van der Waals surface area contributed by atoms with E-state index in [1.54, 1.807) is 0 Å². The number of alkyl halides is 2. The van der Waals surface area contributed by atoms with Crippen molar-refractivity contribution < 1.29 is 14.7 Å². The van der Waals surface area contributed by atoms with Crippen molar-refractivity contribution in [2.45, 2.75) is 37.6 Å². The van der Waals surface area contributed by atoms with Crippen LogP contribution in [-0.4, -0.2) is 27.4 Å². The van der Waals surface area contributed by atoms with Gasteiger partial charge >= 0.3 is 5.97 Å². The highest BCUT2D eigenvalue weighted by atomic mass is 35.5. The maximum atomic E-state index is 11.3. The molecule has 0 aromatic rings. The van der Waals surface area contributed by atoms with Crippen LogP contribution in [0.5, 0.6) is 0 Å². The third-order valence-electron chi connectivity index (χ3n) is 1.71. The standard InChI is InChI=1S/C9H15Cl2NO3/c1-5(2)4-6(7(13)14)12-8(15)9(3,10)11/h5-6H,4H2,1-3H3,(H,12,15)(H,13,14). The number of carbonyl (C=O) groups is 2. The van der Waals surface area contributed by atoms with E-state index in [4.69, 9.17) is 28.3 Å². The molecule has 0 saturated heterocycles. The summed E-state index contributed by atoms with van der Waals surface area (Å²) in [6.45, 7) is 5.02. The molecule has 0 aliphatic carbocycles. The number of carboxylic acids is 1. The van der Waals surface area contributed by atoms with E-state index in [0.29, 0.717) is 6.42 Å². The number of nitrogens with one attached hydrogen (secondary N) is 1. The summed E-state index contributed by atoms with van der Waals surface area (Å²) < 4.78 is -1.61. The van der Waals surface area contributed by atoms with Crippen LogP contribution >= 0.6 is 23.2 Å². The molecular formula is C9H15Cl2NO3. The first-order chi connectivity index (χ1) is 6.64. The predicted octanol–water partition coefficient (Wildman–Crippen LogP) is 1.80. The van der Waals surface area contributed by atoms with E-state index < -0.39 is 22.3 Å². The molecule has 1 amide bonds. The smallest absolute Gasteiger partial charge is 0.326 e. The fourth-order valence-corrected chi connectivity index (χ4v) is 1.09. The Morgan fingerprint density at radius 3 is 2.13 bits per heavy atom. The van der Waals surface area contributed by atoms with Gasteiger partial charge in [0, 0.05) is 0 Å². The van der Waals surface area contributed by atoms with Crippen LogP contribution in [-0.2, 0) is 9.59 Å². The number of aliphatic carboxylic acids is 1. The van der Waals surface area contributed by atoms with Crippen LogP contribution in [0.15, 0.2) is 0 Å². The van der Waals surface area contributed by atoms with Crippen molar-refractivity contribution >= 4 is 35.1 Å². The predicted molar refractivity (Wildman–Crippen MR) is 59.1 cm³/mol. The Balaban J connectivity index is 4.43. The minimum absolute atomic E-state index is 0.156. The Morgan fingerprint density at radius 1 is 1.40 bits per heavy atom. The van der Waals surface area contributed by atoms with Crippen LogP contribution in [0.25, 0.3) is 0 Å². The van der Waals surface area contributed by atoms with E-state index in [0.717, 1.165) is 0 Å². The summed E-state index contributed by atoms with van der Waals surface area (Å²) in [7, 11) is 0. The normalized spacial score (nSPS) is 13.7. The van der Waals surface area contributed by atoms with Gasteiger partial charge in [-0.2, -0.15) is 0 Å². The van der Waals surface area contributed by atoms with Gasteiger partial charge in [0.2, 0.25) is 0 Å². The molecule has 2 N–H and O–H groups in total. The Labute approximate surface area is 98.9 Å². The van der Waals surface area contributed by atoms with Gasteiger partial charge in [-0.05, 0) is 19.3 Å². The van der Waals surface area contributed by atoms with E-state index in [1.165, 1.54) is 6.92 Å². The molecule has 4 nitrogen and oxygen atoms in total. The lowest BCUT2D eigenvalue weighted by Crippen LogP contribution is -2.47. The lowest BCUT2D eigenvalue weighted by molar-refractivity contribution is -0.142. The highest BCUT2D eigenvalue weighted by Gasteiger charge is 2.31. The first-order valence-electron chi connectivity index (χ1n) is 4.56. The molecule has 1 atom stereocenters. The molecule has 0 aromatic carbocycles. The number of hydrogen-bond donors (Lipinski definition) is 2. The lowest BCUT2D eigenvalue weighted by Gasteiger charge is -2.20. The lowest BCUT2D eigenvalue weighted by atomic mass is 10.0. The minimum Gasteiger partial charge on any atom is -0.480 e. The van der Waals surface area contributed by atoms with Crippen molar-refractivity contribution in [1.82, 2.24) is 5.32 Å². The number of amides is 1. The fourth-order valence-electron chi connectivity index (χ4n) is 0.978. The molecule has 0 saturated carbocycles. The van der Waals surface area contributed by atoms with Crippen LogP contribution in [0.4, 0.5) is 0 Å². The van der Waals surface area contributed by atoms with Gasteiger partial charge in [0.1, 0.15) is 6.04 Å². The molecule has 0 rings (SSSR count). The molecule has 0 heterocycles. The maximum Gasteiger partial charge on any atom is 0.326 e. The molecule has 6 heteroatoms. The molecule has 0 radical (unpaired) electrons. The summed E-state index contributed by atoms with van der Waals surface area (Å²) in [5, 5.41) is 11.1. The topological polar surface area (TPSA) is 66.4 Å². The van der Waals surface area contributed by atoms with Crippen molar-refractivity contribution in [2.75, 3.05) is 0 Å². The van der Waals surface area contributed by atoms with Crippen LogP contribution in [0.3, 0.4) is 0 Å². The molecule has 88 valence electrons. The monoisotopic (exact) mass is 255 g/mol. The number of carboxylic acid groups (broad SMARTS) is 1. The summed E-state index contributed by atoms with van der Waals surface area (Å²) in [4.78, 5) is 22.1. The summed E-state index contributed by atoms with van der Waals surface area (Å²) in [6, 6.07) is -0.950. The van der Waals surface area contributed by atoms with Crippen LogP contribution in [0, 0.1) is 5.92 Å². The molecular weight excluding hydrogens is 241 g/mol. The van der Waals surface area contributed by atoms with Gasteiger partial charge in [-0.25, -0.2) is 4.79 Å². The largest absolute Gasteiger partial charge is 0.480 e. The van der Waals surface area contributed by atoms with Crippen LogP contribution < -0.4 is 5.32 Å². The van der Waals surface area contributed by atoms with Crippen LogP contribution in [0.1, 0.15) is 27.2 Å². The molecule has 0 bridgehead atoms. The van der Waals surface area contributed by atoms with Crippen molar-refractivity contribution in [2.24, 2.45) is 5.92 Å². The van der Waals surface area contributed by atoms with Gasteiger partial charge in [0.15, 0.2) is 4.33 Å². The number of halogens is 2. The van der Waals surface area contributed by atoms with E-state index in [9.17, 15) is 9.59 Å². The highest BCUT2D eigenvalue weighted by Crippen LogP contribution is 2.20. The summed E-state index contributed by atoms with van der Waals surface area (Å²) in [6.07, 6.45) is 0.338. The van der Waals surface area contributed by atoms with Crippen molar-refractivity contribution in [3.8, 4) is 0 Å². The quantitative estimate of drug-likeness (QED) is 0.737. The molecule has 0 aliphatic rings. The average Bonchev–Trinajstić information content (AvgIpc) is 1.99.